The van der Waals surface area contributed by atoms with Crippen molar-refractivity contribution < 1.29 is 4.74 Å². The van der Waals surface area contributed by atoms with Crippen LogP contribution in [-0.4, -0.2) is 34.4 Å². The summed E-state index contributed by atoms with van der Waals surface area (Å²) in [6, 6.07) is 1.94. The van der Waals surface area contributed by atoms with Crippen LogP contribution in [0.5, 0.6) is 0 Å². The molecule has 0 amide bonds. The number of nitrogens with one attached hydrogen (secondary N) is 1. The second kappa shape index (κ2) is 5.46. The molecule has 0 aliphatic carbocycles. The fraction of sp³-hybridized carbons (Fsp3) is 0.455. The Morgan fingerprint density at radius 1 is 1.44 bits per heavy atom. The quantitative estimate of drug-likeness (QED) is 0.751. The van der Waals surface area contributed by atoms with E-state index in [9.17, 15) is 0 Å². The first-order valence-corrected chi connectivity index (χ1v) is 5.52. The van der Waals surface area contributed by atoms with Gasteiger partial charge < -0.3 is 10.1 Å². The molecule has 0 atom stereocenters. The molecule has 0 aliphatic heterocycles. The Kier molecular flexibility index (Phi) is 3.71. The van der Waals surface area contributed by atoms with E-state index >= 15 is 0 Å². The van der Waals surface area contributed by atoms with Crippen molar-refractivity contribution in [2.75, 3.05) is 25.1 Å². The number of hydrogen-bond acceptors (Lipinski definition) is 4. The molecule has 0 radical (unpaired) electrons. The van der Waals surface area contributed by atoms with Crippen LogP contribution in [0.4, 0.5) is 5.82 Å². The zero-order chi connectivity index (χ0) is 11.2. The van der Waals surface area contributed by atoms with Crippen molar-refractivity contribution in [1.82, 2.24) is 14.6 Å². The summed E-state index contributed by atoms with van der Waals surface area (Å²) in [5.41, 5.74) is 0.999. The van der Waals surface area contributed by atoms with Crippen LogP contribution in [0.1, 0.15) is 13.3 Å². The minimum atomic E-state index is 0.774. The molecule has 2 aromatic rings. The SMILES string of the molecule is CCOCCCNc1nccn2nccc12. The van der Waals surface area contributed by atoms with E-state index in [4.69, 9.17) is 4.74 Å². The minimum Gasteiger partial charge on any atom is -0.382 e. The zero-order valence-electron chi connectivity index (χ0n) is 9.39. The van der Waals surface area contributed by atoms with E-state index in [-0.39, 0.29) is 0 Å². The summed E-state index contributed by atoms with van der Waals surface area (Å²) in [4.78, 5) is 4.28. The summed E-state index contributed by atoms with van der Waals surface area (Å²) in [6.45, 7) is 4.42. The average Bonchev–Trinajstić information content (AvgIpc) is 2.77. The first-order valence-electron chi connectivity index (χ1n) is 5.52. The summed E-state index contributed by atoms with van der Waals surface area (Å²) >= 11 is 0. The first-order chi connectivity index (χ1) is 7.92. The second-order valence-corrected chi connectivity index (χ2v) is 3.41. The Labute approximate surface area is 94.4 Å². The number of rotatable bonds is 6. The Balaban J connectivity index is 1.91. The second-order valence-electron chi connectivity index (χ2n) is 3.41. The van der Waals surface area contributed by atoms with Gasteiger partial charge in [-0.05, 0) is 19.4 Å². The van der Waals surface area contributed by atoms with Crippen molar-refractivity contribution in [2.24, 2.45) is 0 Å². The smallest absolute Gasteiger partial charge is 0.152 e. The van der Waals surface area contributed by atoms with Gasteiger partial charge in [0, 0.05) is 32.2 Å². The molecule has 0 fully saturated rings. The van der Waals surface area contributed by atoms with Gasteiger partial charge in [-0.3, -0.25) is 0 Å². The lowest BCUT2D eigenvalue weighted by molar-refractivity contribution is 0.147. The van der Waals surface area contributed by atoms with Gasteiger partial charge in [0.25, 0.3) is 0 Å². The molecule has 5 heteroatoms. The molecule has 1 N–H and O–H groups in total. The molecular formula is C11H16N4O. The maximum absolute atomic E-state index is 5.27. The summed E-state index contributed by atoms with van der Waals surface area (Å²) in [5, 5.41) is 7.43. The Hall–Kier alpha value is -1.62. The van der Waals surface area contributed by atoms with Crippen LogP contribution in [0, 0.1) is 0 Å². The molecule has 2 rings (SSSR count). The number of hydrogen-bond donors (Lipinski definition) is 1. The lowest BCUT2D eigenvalue weighted by Gasteiger charge is -2.06. The third-order valence-electron chi connectivity index (χ3n) is 2.29. The largest absolute Gasteiger partial charge is 0.382 e. The minimum absolute atomic E-state index is 0.774. The fourth-order valence-electron chi connectivity index (χ4n) is 1.52. The van der Waals surface area contributed by atoms with E-state index < -0.39 is 0 Å². The van der Waals surface area contributed by atoms with E-state index in [2.05, 4.69) is 15.4 Å². The molecular weight excluding hydrogens is 204 g/mol. The zero-order valence-corrected chi connectivity index (χ0v) is 9.39. The van der Waals surface area contributed by atoms with Crippen LogP contribution in [0.15, 0.2) is 24.7 Å². The molecule has 0 aromatic carbocycles. The third-order valence-corrected chi connectivity index (χ3v) is 2.29. The molecule has 0 saturated heterocycles. The van der Waals surface area contributed by atoms with Crippen molar-refractivity contribution in [2.45, 2.75) is 13.3 Å². The first kappa shape index (κ1) is 10.9. The monoisotopic (exact) mass is 220 g/mol. The lowest BCUT2D eigenvalue weighted by Crippen LogP contribution is -2.08. The van der Waals surface area contributed by atoms with Crippen molar-refractivity contribution in [3.05, 3.63) is 24.7 Å². The fourth-order valence-corrected chi connectivity index (χ4v) is 1.52. The normalized spacial score (nSPS) is 10.8. The molecule has 86 valence electrons. The molecule has 5 nitrogen and oxygen atoms in total. The van der Waals surface area contributed by atoms with Crippen molar-refractivity contribution in [3.63, 3.8) is 0 Å². The summed E-state index contributed by atoms with van der Waals surface area (Å²) in [5.74, 6) is 0.872. The number of aromatic nitrogens is 3. The number of fused-ring (bicyclic) bond motifs is 1. The standard InChI is InChI=1S/C11H16N4O/c1-2-16-9-3-5-12-11-10-4-6-14-15(10)8-7-13-11/h4,6-8H,2-3,5,9H2,1H3,(H,12,13). The highest BCUT2D eigenvalue weighted by molar-refractivity contribution is 5.66. The highest BCUT2D eigenvalue weighted by atomic mass is 16.5. The molecule has 2 heterocycles. The predicted octanol–water partition coefficient (Wildman–Crippen LogP) is 1.57. The summed E-state index contributed by atoms with van der Waals surface area (Å²) < 4.78 is 7.07. The van der Waals surface area contributed by atoms with Gasteiger partial charge in [-0.15, -0.1) is 0 Å². The Bertz CT molecular complexity index is 440. The number of nitrogens with zero attached hydrogens (tertiary/aromatic N) is 3. The van der Waals surface area contributed by atoms with Crippen molar-refractivity contribution in [1.29, 1.82) is 0 Å². The van der Waals surface area contributed by atoms with Crippen molar-refractivity contribution >= 4 is 11.3 Å². The van der Waals surface area contributed by atoms with Crippen LogP contribution >= 0.6 is 0 Å². The van der Waals surface area contributed by atoms with Crippen LogP contribution in [-0.2, 0) is 4.74 Å². The van der Waals surface area contributed by atoms with Gasteiger partial charge in [-0.2, -0.15) is 5.10 Å². The third kappa shape index (κ3) is 2.49. The molecule has 16 heavy (non-hydrogen) atoms. The van der Waals surface area contributed by atoms with Gasteiger partial charge in [0.05, 0.1) is 6.20 Å². The summed E-state index contributed by atoms with van der Waals surface area (Å²) in [6.07, 6.45) is 6.32. The van der Waals surface area contributed by atoms with Crippen LogP contribution in [0.3, 0.4) is 0 Å². The van der Waals surface area contributed by atoms with E-state index in [1.54, 1.807) is 16.9 Å². The van der Waals surface area contributed by atoms with Gasteiger partial charge >= 0.3 is 0 Å². The predicted molar refractivity (Wildman–Crippen MR) is 62.6 cm³/mol. The Morgan fingerprint density at radius 2 is 2.38 bits per heavy atom. The van der Waals surface area contributed by atoms with Crippen LogP contribution in [0.25, 0.3) is 5.52 Å². The van der Waals surface area contributed by atoms with E-state index in [1.807, 2.05) is 19.2 Å². The maximum atomic E-state index is 5.27. The summed E-state index contributed by atoms with van der Waals surface area (Å²) in [7, 11) is 0. The topological polar surface area (TPSA) is 51.5 Å². The number of anilines is 1. The van der Waals surface area contributed by atoms with Crippen molar-refractivity contribution in [3.8, 4) is 0 Å². The molecule has 2 aromatic heterocycles. The molecule has 0 unspecified atom stereocenters. The van der Waals surface area contributed by atoms with E-state index in [0.29, 0.717) is 0 Å². The highest BCUT2D eigenvalue weighted by Crippen LogP contribution is 2.11. The van der Waals surface area contributed by atoms with Crippen LogP contribution in [0.2, 0.25) is 0 Å². The number of ether oxygens (including phenoxy) is 1. The highest BCUT2D eigenvalue weighted by Gasteiger charge is 2.01. The van der Waals surface area contributed by atoms with Gasteiger partial charge in [0.15, 0.2) is 5.82 Å². The van der Waals surface area contributed by atoms with Gasteiger partial charge in [0.2, 0.25) is 0 Å². The Morgan fingerprint density at radius 3 is 3.25 bits per heavy atom. The van der Waals surface area contributed by atoms with E-state index in [1.165, 1.54) is 0 Å². The molecule has 0 aliphatic rings. The van der Waals surface area contributed by atoms with E-state index in [0.717, 1.165) is 37.5 Å². The van der Waals surface area contributed by atoms with Gasteiger partial charge in [-0.1, -0.05) is 0 Å². The lowest BCUT2D eigenvalue weighted by atomic mass is 10.4. The average molecular weight is 220 g/mol. The van der Waals surface area contributed by atoms with Gasteiger partial charge in [0.1, 0.15) is 5.52 Å². The maximum Gasteiger partial charge on any atom is 0.152 e. The van der Waals surface area contributed by atoms with Crippen LogP contribution < -0.4 is 5.32 Å². The van der Waals surface area contributed by atoms with Gasteiger partial charge in [-0.25, -0.2) is 9.50 Å². The molecule has 0 bridgehead atoms. The molecule has 0 spiro atoms. The molecule has 0 saturated carbocycles.